The monoisotopic (exact) mass is 215 g/mol. The Morgan fingerprint density at radius 3 is 2.31 bits per heavy atom. The van der Waals surface area contributed by atoms with Gasteiger partial charge in [0.2, 0.25) is 0 Å². The fraction of sp³-hybridized carbons (Fsp3) is 0.286. The summed E-state index contributed by atoms with van der Waals surface area (Å²) in [6.07, 6.45) is 0. The van der Waals surface area contributed by atoms with Crippen molar-refractivity contribution < 1.29 is 5.11 Å². The summed E-state index contributed by atoms with van der Waals surface area (Å²) in [5, 5.41) is 12.2. The molecular weight excluding hydrogens is 198 g/mol. The molecule has 2 rings (SSSR count). The number of fused-ring (bicyclic) bond motifs is 1. The smallest absolute Gasteiger partial charge is 0.0783 e. The molecule has 16 heavy (non-hydrogen) atoms. The number of benzene rings is 2. The van der Waals surface area contributed by atoms with E-state index in [0.29, 0.717) is 0 Å². The molecule has 0 aliphatic heterocycles. The Labute approximate surface area is 95.7 Å². The van der Waals surface area contributed by atoms with E-state index in [1.165, 1.54) is 5.39 Å². The third-order valence-electron chi connectivity index (χ3n) is 2.89. The number of aliphatic hydroxyl groups is 1. The zero-order valence-electron chi connectivity index (χ0n) is 9.64. The molecule has 0 saturated carbocycles. The lowest BCUT2D eigenvalue weighted by atomic mass is 9.91. The maximum Gasteiger partial charge on any atom is 0.0783 e. The van der Waals surface area contributed by atoms with Gasteiger partial charge in [0.15, 0.2) is 0 Å². The minimum atomic E-state index is -0.900. The fourth-order valence-electron chi connectivity index (χ4n) is 1.81. The Hall–Kier alpha value is -1.38. The molecule has 0 aliphatic carbocycles. The van der Waals surface area contributed by atoms with Gasteiger partial charge in [0.25, 0.3) is 0 Å². The third kappa shape index (κ3) is 2.08. The topological polar surface area (TPSA) is 46.2 Å². The van der Waals surface area contributed by atoms with Crippen LogP contribution in [0, 0.1) is 0 Å². The van der Waals surface area contributed by atoms with E-state index in [2.05, 4.69) is 12.1 Å². The van der Waals surface area contributed by atoms with Gasteiger partial charge in [-0.1, -0.05) is 36.4 Å². The second kappa shape index (κ2) is 3.89. The van der Waals surface area contributed by atoms with Crippen LogP contribution in [0.15, 0.2) is 42.5 Å². The summed E-state index contributed by atoms with van der Waals surface area (Å²) >= 11 is 0. The van der Waals surface area contributed by atoms with Gasteiger partial charge in [-0.2, -0.15) is 0 Å². The molecule has 0 aromatic heterocycles. The SMILES string of the molecule is CC(C)(O)[C@H](N)c1ccc2ccccc2c1. The first-order valence-electron chi connectivity index (χ1n) is 5.45. The molecule has 0 aliphatic rings. The van der Waals surface area contributed by atoms with Crippen LogP contribution >= 0.6 is 0 Å². The lowest BCUT2D eigenvalue weighted by Crippen LogP contribution is -2.34. The number of nitrogens with two attached hydrogens (primary N) is 1. The molecule has 0 fully saturated rings. The first-order valence-corrected chi connectivity index (χ1v) is 5.45. The van der Waals surface area contributed by atoms with Crippen LogP contribution in [0.2, 0.25) is 0 Å². The van der Waals surface area contributed by atoms with Gasteiger partial charge in [-0.15, -0.1) is 0 Å². The molecule has 2 aromatic rings. The van der Waals surface area contributed by atoms with Gasteiger partial charge in [0.05, 0.1) is 11.6 Å². The summed E-state index contributed by atoms with van der Waals surface area (Å²) < 4.78 is 0. The van der Waals surface area contributed by atoms with Crippen molar-refractivity contribution in [2.24, 2.45) is 5.73 Å². The van der Waals surface area contributed by atoms with Crippen LogP contribution in [-0.4, -0.2) is 10.7 Å². The van der Waals surface area contributed by atoms with Crippen molar-refractivity contribution in [2.75, 3.05) is 0 Å². The zero-order chi connectivity index (χ0) is 11.8. The van der Waals surface area contributed by atoms with E-state index in [9.17, 15) is 5.11 Å². The summed E-state index contributed by atoms with van der Waals surface area (Å²) in [5.41, 5.74) is 6.08. The minimum absolute atomic E-state index is 0.364. The number of rotatable bonds is 2. The highest BCUT2D eigenvalue weighted by atomic mass is 16.3. The zero-order valence-corrected chi connectivity index (χ0v) is 9.64. The first-order chi connectivity index (χ1) is 7.48. The molecular formula is C14H17NO. The Morgan fingerprint density at radius 2 is 1.69 bits per heavy atom. The van der Waals surface area contributed by atoms with Crippen LogP contribution in [0.25, 0.3) is 10.8 Å². The molecule has 0 spiro atoms. The van der Waals surface area contributed by atoms with Crippen molar-refractivity contribution in [2.45, 2.75) is 25.5 Å². The van der Waals surface area contributed by atoms with Crippen molar-refractivity contribution >= 4 is 10.8 Å². The minimum Gasteiger partial charge on any atom is -0.388 e. The molecule has 2 aromatic carbocycles. The molecule has 0 bridgehead atoms. The Kier molecular flexibility index (Phi) is 2.70. The van der Waals surface area contributed by atoms with Crippen LogP contribution in [0.3, 0.4) is 0 Å². The Morgan fingerprint density at radius 1 is 1.06 bits per heavy atom. The van der Waals surface area contributed by atoms with E-state index in [0.717, 1.165) is 10.9 Å². The van der Waals surface area contributed by atoms with Crippen molar-refractivity contribution in [1.29, 1.82) is 0 Å². The quantitative estimate of drug-likeness (QED) is 0.809. The lowest BCUT2D eigenvalue weighted by molar-refractivity contribution is 0.0518. The molecule has 0 unspecified atom stereocenters. The van der Waals surface area contributed by atoms with Gasteiger partial charge in [-0.25, -0.2) is 0 Å². The van der Waals surface area contributed by atoms with Gasteiger partial charge in [-0.3, -0.25) is 0 Å². The van der Waals surface area contributed by atoms with Crippen molar-refractivity contribution in [3.05, 3.63) is 48.0 Å². The highest BCUT2D eigenvalue weighted by Crippen LogP contribution is 2.25. The molecule has 3 N–H and O–H groups in total. The predicted molar refractivity (Wildman–Crippen MR) is 67.2 cm³/mol. The van der Waals surface area contributed by atoms with Crippen LogP contribution in [-0.2, 0) is 0 Å². The molecule has 1 atom stereocenters. The van der Waals surface area contributed by atoms with Crippen LogP contribution in [0.5, 0.6) is 0 Å². The second-order valence-corrected chi connectivity index (χ2v) is 4.74. The van der Waals surface area contributed by atoms with Gasteiger partial charge < -0.3 is 10.8 Å². The molecule has 0 radical (unpaired) electrons. The summed E-state index contributed by atoms with van der Waals surface area (Å²) in [4.78, 5) is 0. The Balaban J connectivity index is 2.47. The molecule has 0 heterocycles. The summed E-state index contributed by atoms with van der Waals surface area (Å²) in [5.74, 6) is 0. The lowest BCUT2D eigenvalue weighted by Gasteiger charge is -2.26. The first kappa shape index (κ1) is 11.1. The third-order valence-corrected chi connectivity index (χ3v) is 2.89. The van der Waals surface area contributed by atoms with Gasteiger partial charge in [0.1, 0.15) is 0 Å². The van der Waals surface area contributed by atoms with Gasteiger partial charge >= 0.3 is 0 Å². The summed E-state index contributed by atoms with van der Waals surface area (Å²) in [7, 11) is 0. The molecule has 0 amide bonds. The van der Waals surface area contributed by atoms with Crippen LogP contribution < -0.4 is 5.73 Å². The summed E-state index contributed by atoms with van der Waals surface area (Å²) in [6, 6.07) is 13.8. The number of hydrogen-bond acceptors (Lipinski definition) is 2. The number of hydrogen-bond donors (Lipinski definition) is 2. The molecule has 0 saturated heterocycles. The van der Waals surface area contributed by atoms with Crippen LogP contribution in [0.4, 0.5) is 0 Å². The van der Waals surface area contributed by atoms with Crippen molar-refractivity contribution in [1.82, 2.24) is 0 Å². The van der Waals surface area contributed by atoms with Crippen LogP contribution in [0.1, 0.15) is 25.5 Å². The van der Waals surface area contributed by atoms with Crippen molar-refractivity contribution in [3.8, 4) is 0 Å². The van der Waals surface area contributed by atoms with E-state index in [1.54, 1.807) is 13.8 Å². The van der Waals surface area contributed by atoms with Gasteiger partial charge in [-0.05, 0) is 36.2 Å². The highest BCUT2D eigenvalue weighted by Gasteiger charge is 2.24. The Bertz CT molecular complexity index is 499. The maximum atomic E-state index is 9.89. The normalized spacial score (nSPS) is 14.0. The average Bonchev–Trinajstić information content (AvgIpc) is 2.26. The van der Waals surface area contributed by atoms with E-state index in [-0.39, 0.29) is 6.04 Å². The molecule has 2 nitrogen and oxygen atoms in total. The average molecular weight is 215 g/mol. The van der Waals surface area contributed by atoms with E-state index >= 15 is 0 Å². The largest absolute Gasteiger partial charge is 0.388 e. The summed E-state index contributed by atoms with van der Waals surface area (Å²) in [6.45, 7) is 3.46. The standard InChI is InChI=1S/C14H17NO/c1-14(2,16)13(15)12-8-7-10-5-3-4-6-11(10)9-12/h3-9,13,16H,15H2,1-2H3/t13-/m1/s1. The second-order valence-electron chi connectivity index (χ2n) is 4.74. The maximum absolute atomic E-state index is 9.89. The van der Waals surface area contributed by atoms with Crippen molar-refractivity contribution in [3.63, 3.8) is 0 Å². The fourth-order valence-corrected chi connectivity index (χ4v) is 1.81. The molecule has 2 heteroatoms. The van der Waals surface area contributed by atoms with E-state index in [4.69, 9.17) is 5.73 Å². The highest BCUT2D eigenvalue weighted by molar-refractivity contribution is 5.83. The predicted octanol–water partition coefficient (Wildman–Crippen LogP) is 2.61. The van der Waals surface area contributed by atoms with Gasteiger partial charge in [0, 0.05) is 0 Å². The molecule has 84 valence electrons. The van der Waals surface area contributed by atoms with E-state index in [1.807, 2.05) is 30.3 Å². The van der Waals surface area contributed by atoms with E-state index < -0.39 is 5.60 Å².